The van der Waals surface area contributed by atoms with Gasteiger partial charge in [0.1, 0.15) is 0 Å². The minimum atomic E-state index is 0.0369. The van der Waals surface area contributed by atoms with E-state index in [0.29, 0.717) is 0 Å². The number of hydrogen-bond acceptors (Lipinski definition) is 5. The van der Waals surface area contributed by atoms with Crippen molar-refractivity contribution in [3.05, 3.63) is 10.3 Å². The number of rotatable bonds is 7. The van der Waals surface area contributed by atoms with Gasteiger partial charge in [-0.25, -0.2) is 4.68 Å². The van der Waals surface area contributed by atoms with Gasteiger partial charge in [-0.2, -0.15) is 0 Å². The molecule has 0 radical (unpaired) electrons. The lowest BCUT2D eigenvalue weighted by Gasteiger charge is -2.15. The van der Waals surface area contributed by atoms with Crippen molar-refractivity contribution in [1.82, 2.24) is 20.4 Å². The number of hydrazine groups is 1. The Morgan fingerprint density at radius 2 is 2.38 bits per heavy atom. The molecule has 3 N–H and O–H groups in total. The zero-order valence-electron chi connectivity index (χ0n) is 9.61. The summed E-state index contributed by atoms with van der Waals surface area (Å²) in [6.07, 6.45) is 1.83. The standard InChI is InChI=1S/C9H18BrN5O/c1-3-16-6-4-5-7(12-11)8-9(10)13-14-15(8)2/h7,12H,3-6,11H2,1-2H3. The van der Waals surface area contributed by atoms with Crippen molar-refractivity contribution in [3.63, 3.8) is 0 Å². The maximum absolute atomic E-state index is 5.54. The molecule has 92 valence electrons. The van der Waals surface area contributed by atoms with Crippen LogP contribution in [0.5, 0.6) is 0 Å². The molecule has 0 spiro atoms. The van der Waals surface area contributed by atoms with Gasteiger partial charge in [0.05, 0.1) is 11.7 Å². The van der Waals surface area contributed by atoms with Crippen LogP contribution in [0.2, 0.25) is 0 Å². The van der Waals surface area contributed by atoms with Crippen molar-refractivity contribution in [2.24, 2.45) is 12.9 Å². The highest BCUT2D eigenvalue weighted by atomic mass is 79.9. The van der Waals surface area contributed by atoms with Gasteiger partial charge in [-0.05, 0) is 35.7 Å². The van der Waals surface area contributed by atoms with Gasteiger partial charge in [-0.1, -0.05) is 5.21 Å². The maximum atomic E-state index is 5.54. The van der Waals surface area contributed by atoms with Crippen molar-refractivity contribution in [2.45, 2.75) is 25.8 Å². The van der Waals surface area contributed by atoms with Crippen LogP contribution in [0.15, 0.2) is 4.60 Å². The van der Waals surface area contributed by atoms with E-state index >= 15 is 0 Å². The molecule has 6 nitrogen and oxygen atoms in total. The first-order valence-corrected chi connectivity index (χ1v) is 6.09. The highest BCUT2D eigenvalue weighted by molar-refractivity contribution is 9.10. The maximum Gasteiger partial charge on any atom is 0.153 e. The molecular weight excluding hydrogens is 274 g/mol. The Morgan fingerprint density at radius 3 is 2.88 bits per heavy atom. The molecule has 1 aromatic heterocycles. The summed E-state index contributed by atoms with van der Waals surface area (Å²) in [6.45, 7) is 3.48. The van der Waals surface area contributed by atoms with Crippen LogP contribution in [0.4, 0.5) is 0 Å². The molecule has 1 aromatic rings. The minimum Gasteiger partial charge on any atom is -0.382 e. The number of ether oxygens (including phenoxy) is 1. The fraction of sp³-hybridized carbons (Fsp3) is 0.778. The second kappa shape index (κ2) is 6.95. The lowest BCUT2D eigenvalue weighted by atomic mass is 10.1. The van der Waals surface area contributed by atoms with Gasteiger partial charge in [0.25, 0.3) is 0 Å². The number of aryl methyl sites for hydroxylation is 1. The monoisotopic (exact) mass is 291 g/mol. The first kappa shape index (κ1) is 13.6. The molecule has 0 aliphatic heterocycles. The van der Waals surface area contributed by atoms with Crippen molar-refractivity contribution in [2.75, 3.05) is 13.2 Å². The lowest BCUT2D eigenvalue weighted by Crippen LogP contribution is -2.30. The van der Waals surface area contributed by atoms with E-state index in [9.17, 15) is 0 Å². The summed E-state index contributed by atoms with van der Waals surface area (Å²) in [5.41, 5.74) is 3.73. The average Bonchev–Trinajstić information content (AvgIpc) is 2.60. The van der Waals surface area contributed by atoms with E-state index in [4.69, 9.17) is 10.6 Å². The number of nitrogens with two attached hydrogens (primary N) is 1. The Kier molecular flexibility index (Phi) is 5.89. The zero-order valence-corrected chi connectivity index (χ0v) is 11.2. The molecule has 0 bridgehead atoms. The van der Waals surface area contributed by atoms with Gasteiger partial charge in [-0.15, -0.1) is 5.10 Å². The number of hydrogen-bond donors (Lipinski definition) is 2. The molecule has 1 rings (SSSR count). The first-order chi connectivity index (χ1) is 7.70. The van der Waals surface area contributed by atoms with Gasteiger partial charge in [0, 0.05) is 20.3 Å². The van der Waals surface area contributed by atoms with Crippen LogP contribution < -0.4 is 11.3 Å². The van der Waals surface area contributed by atoms with Crippen molar-refractivity contribution >= 4 is 15.9 Å². The molecule has 1 unspecified atom stereocenters. The largest absolute Gasteiger partial charge is 0.382 e. The predicted molar refractivity (Wildman–Crippen MR) is 64.5 cm³/mol. The second-order valence-electron chi connectivity index (χ2n) is 3.45. The molecule has 0 amide bonds. The van der Waals surface area contributed by atoms with Gasteiger partial charge < -0.3 is 4.74 Å². The summed E-state index contributed by atoms with van der Waals surface area (Å²) in [5, 5.41) is 7.85. The van der Waals surface area contributed by atoms with Crippen LogP contribution in [0.25, 0.3) is 0 Å². The van der Waals surface area contributed by atoms with E-state index in [-0.39, 0.29) is 6.04 Å². The SMILES string of the molecule is CCOCCCC(NN)c1c(Br)nnn1C. The predicted octanol–water partition coefficient (Wildman–Crippen LogP) is 0.899. The Morgan fingerprint density at radius 1 is 1.62 bits per heavy atom. The Bertz CT molecular complexity index is 297. The van der Waals surface area contributed by atoms with Crippen LogP contribution >= 0.6 is 15.9 Å². The lowest BCUT2D eigenvalue weighted by molar-refractivity contribution is 0.140. The Hall–Kier alpha value is -0.500. The van der Waals surface area contributed by atoms with Crippen molar-refractivity contribution in [3.8, 4) is 0 Å². The quantitative estimate of drug-likeness (QED) is 0.443. The van der Waals surface area contributed by atoms with E-state index in [1.807, 2.05) is 14.0 Å². The number of nitrogens with one attached hydrogen (secondary N) is 1. The second-order valence-corrected chi connectivity index (χ2v) is 4.20. The van der Waals surface area contributed by atoms with Gasteiger partial charge in [0.2, 0.25) is 0 Å². The minimum absolute atomic E-state index is 0.0369. The molecule has 1 atom stereocenters. The molecule has 16 heavy (non-hydrogen) atoms. The van der Waals surface area contributed by atoms with Gasteiger partial charge >= 0.3 is 0 Å². The van der Waals surface area contributed by atoms with Crippen molar-refractivity contribution < 1.29 is 4.74 Å². The summed E-state index contributed by atoms with van der Waals surface area (Å²) >= 11 is 3.36. The number of aromatic nitrogens is 3. The molecule has 7 heteroatoms. The van der Waals surface area contributed by atoms with Crippen molar-refractivity contribution in [1.29, 1.82) is 0 Å². The van der Waals surface area contributed by atoms with E-state index in [2.05, 4.69) is 31.7 Å². The summed E-state index contributed by atoms with van der Waals surface area (Å²) in [6, 6.07) is 0.0369. The Labute approximate surface area is 104 Å². The molecule has 0 aliphatic rings. The fourth-order valence-electron chi connectivity index (χ4n) is 1.54. The average molecular weight is 292 g/mol. The smallest absolute Gasteiger partial charge is 0.153 e. The highest BCUT2D eigenvalue weighted by Gasteiger charge is 2.18. The summed E-state index contributed by atoms with van der Waals surface area (Å²) in [4.78, 5) is 0. The molecule has 1 heterocycles. The fourth-order valence-corrected chi connectivity index (χ4v) is 2.15. The summed E-state index contributed by atoms with van der Waals surface area (Å²) < 4.78 is 7.74. The van der Waals surface area contributed by atoms with E-state index in [1.54, 1.807) is 4.68 Å². The van der Waals surface area contributed by atoms with Gasteiger partial charge in [-0.3, -0.25) is 11.3 Å². The van der Waals surface area contributed by atoms with Gasteiger partial charge in [0.15, 0.2) is 4.60 Å². The van der Waals surface area contributed by atoms with E-state index in [1.165, 1.54) is 0 Å². The highest BCUT2D eigenvalue weighted by Crippen LogP contribution is 2.23. The van der Waals surface area contributed by atoms with E-state index in [0.717, 1.165) is 36.4 Å². The van der Waals surface area contributed by atoms with Crippen LogP contribution in [-0.4, -0.2) is 28.2 Å². The third kappa shape index (κ3) is 3.51. The molecule has 0 saturated heterocycles. The number of nitrogens with zero attached hydrogens (tertiary/aromatic N) is 3. The third-order valence-corrected chi connectivity index (χ3v) is 2.91. The topological polar surface area (TPSA) is 78.0 Å². The molecule has 0 aromatic carbocycles. The first-order valence-electron chi connectivity index (χ1n) is 5.29. The number of halogens is 1. The molecular formula is C9H18BrN5O. The Balaban J connectivity index is 2.54. The molecule has 0 fully saturated rings. The van der Waals surface area contributed by atoms with Crippen LogP contribution in [0, 0.1) is 0 Å². The molecule has 0 saturated carbocycles. The molecule has 0 aliphatic carbocycles. The van der Waals surface area contributed by atoms with Crippen LogP contribution in [0.3, 0.4) is 0 Å². The van der Waals surface area contributed by atoms with Crippen LogP contribution in [-0.2, 0) is 11.8 Å². The summed E-state index contributed by atoms with van der Waals surface area (Å²) in [7, 11) is 1.85. The van der Waals surface area contributed by atoms with E-state index < -0.39 is 0 Å². The normalized spacial score (nSPS) is 13.0. The zero-order chi connectivity index (χ0) is 12.0. The van der Waals surface area contributed by atoms with Crippen LogP contribution in [0.1, 0.15) is 31.5 Å². The third-order valence-electron chi connectivity index (χ3n) is 2.34. The summed E-state index contributed by atoms with van der Waals surface area (Å²) in [5.74, 6) is 5.54.